The third kappa shape index (κ3) is 5.05. The van der Waals surface area contributed by atoms with Gasteiger partial charge in [0.25, 0.3) is 0 Å². The third-order valence-corrected chi connectivity index (χ3v) is 3.52. The van der Waals surface area contributed by atoms with Gasteiger partial charge in [0, 0.05) is 37.8 Å². The fraction of sp³-hybridized carbons (Fsp3) is 0.571. The molecule has 0 radical (unpaired) electrons. The molecule has 0 spiro atoms. The Bertz CT molecular complexity index is 436. The van der Waals surface area contributed by atoms with E-state index in [1.807, 2.05) is 4.90 Å². The molecule has 7 heteroatoms. The highest BCUT2D eigenvalue weighted by Gasteiger charge is 2.37. The Morgan fingerprint density at radius 3 is 2.43 bits per heavy atom. The second-order valence-corrected chi connectivity index (χ2v) is 4.86. The summed E-state index contributed by atoms with van der Waals surface area (Å²) < 4.78 is 43.9. The lowest BCUT2D eigenvalue weighted by Crippen LogP contribution is -2.46. The van der Waals surface area contributed by atoms with Gasteiger partial charge in [-0.25, -0.2) is 0 Å². The van der Waals surface area contributed by atoms with Gasteiger partial charge in [-0.3, -0.25) is 4.90 Å². The van der Waals surface area contributed by atoms with Crippen LogP contribution in [0.25, 0.3) is 0 Å². The number of benzene rings is 1. The lowest BCUT2D eigenvalue weighted by Gasteiger charge is -2.36. The molecule has 1 heterocycles. The van der Waals surface area contributed by atoms with Gasteiger partial charge in [-0.1, -0.05) is 18.2 Å². The van der Waals surface area contributed by atoms with E-state index in [4.69, 9.17) is 4.74 Å². The van der Waals surface area contributed by atoms with Gasteiger partial charge in [-0.05, 0) is 6.07 Å². The Labute approximate surface area is 128 Å². The van der Waals surface area contributed by atoms with Crippen LogP contribution in [0.1, 0.15) is 18.0 Å². The van der Waals surface area contributed by atoms with Crippen molar-refractivity contribution in [1.29, 1.82) is 0 Å². The molecule has 0 amide bonds. The summed E-state index contributed by atoms with van der Waals surface area (Å²) in [5.41, 5.74) is 0.606. The van der Waals surface area contributed by atoms with Crippen LogP contribution in [0, 0.1) is 0 Å². The molecule has 0 unspecified atom stereocenters. The van der Waals surface area contributed by atoms with Gasteiger partial charge < -0.3 is 10.1 Å². The molecule has 1 atom stereocenters. The van der Waals surface area contributed by atoms with E-state index >= 15 is 0 Å². The van der Waals surface area contributed by atoms with E-state index in [0.29, 0.717) is 37.5 Å². The Hall–Kier alpha value is -0.980. The minimum atomic E-state index is -4.20. The Morgan fingerprint density at radius 2 is 1.86 bits per heavy atom. The van der Waals surface area contributed by atoms with Crippen molar-refractivity contribution in [3.8, 4) is 5.75 Å². The molecule has 1 aromatic rings. The predicted molar refractivity (Wildman–Crippen MR) is 78.1 cm³/mol. The second kappa shape index (κ2) is 7.87. The molecule has 3 nitrogen and oxygen atoms in total. The molecular formula is C14H20ClF3N2O. The highest BCUT2D eigenvalue weighted by atomic mass is 35.5. The molecule has 1 aliphatic rings. The maximum absolute atomic E-state index is 12.9. The molecule has 1 N–H and O–H groups in total. The first-order valence-corrected chi connectivity index (χ1v) is 6.65. The van der Waals surface area contributed by atoms with Crippen LogP contribution in [0.2, 0.25) is 0 Å². The quantitative estimate of drug-likeness (QED) is 0.921. The highest BCUT2D eigenvalue weighted by molar-refractivity contribution is 5.85. The van der Waals surface area contributed by atoms with Crippen molar-refractivity contribution < 1.29 is 17.9 Å². The molecule has 1 aromatic carbocycles. The topological polar surface area (TPSA) is 24.5 Å². The number of nitrogens with one attached hydrogen (secondary N) is 1. The molecule has 21 heavy (non-hydrogen) atoms. The standard InChI is InChI=1S/C14H19F3N2O.ClH/c1-20-13-5-3-2-4-11(13)12(10-14(15,16)17)19-8-6-18-7-9-19;/h2-5,12,18H,6-10H2,1H3;1H/t12-;/m0./s1. The smallest absolute Gasteiger partial charge is 0.390 e. The molecule has 0 aromatic heterocycles. The van der Waals surface area contributed by atoms with E-state index in [1.54, 1.807) is 24.3 Å². The zero-order valence-corrected chi connectivity index (χ0v) is 12.6. The van der Waals surface area contributed by atoms with Crippen molar-refractivity contribution in [2.24, 2.45) is 0 Å². The number of piperazine rings is 1. The number of methoxy groups -OCH3 is 1. The molecule has 0 saturated carbocycles. The molecular weight excluding hydrogens is 305 g/mol. The lowest BCUT2D eigenvalue weighted by molar-refractivity contribution is -0.148. The number of hydrogen-bond acceptors (Lipinski definition) is 3. The maximum Gasteiger partial charge on any atom is 0.390 e. The van der Waals surface area contributed by atoms with E-state index in [1.165, 1.54) is 7.11 Å². The van der Waals surface area contributed by atoms with E-state index in [-0.39, 0.29) is 12.4 Å². The van der Waals surface area contributed by atoms with Gasteiger partial charge >= 0.3 is 6.18 Å². The molecule has 0 bridgehead atoms. The van der Waals surface area contributed by atoms with Gasteiger partial charge in [0.05, 0.1) is 13.5 Å². The van der Waals surface area contributed by atoms with Crippen molar-refractivity contribution in [3.63, 3.8) is 0 Å². The van der Waals surface area contributed by atoms with E-state index in [2.05, 4.69) is 5.32 Å². The van der Waals surface area contributed by atoms with E-state index in [9.17, 15) is 13.2 Å². The molecule has 1 aliphatic heterocycles. The molecule has 1 fully saturated rings. The number of rotatable bonds is 4. The fourth-order valence-electron chi connectivity index (χ4n) is 2.59. The summed E-state index contributed by atoms with van der Waals surface area (Å²) in [7, 11) is 1.49. The second-order valence-electron chi connectivity index (χ2n) is 4.86. The van der Waals surface area contributed by atoms with Gasteiger partial charge in [0.2, 0.25) is 0 Å². The first-order chi connectivity index (χ1) is 9.51. The van der Waals surface area contributed by atoms with Crippen LogP contribution in [0.15, 0.2) is 24.3 Å². The number of para-hydroxylation sites is 1. The van der Waals surface area contributed by atoms with Gasteiger partial charge in [0.1, 0.15) is 5.75 Å². The number of halogens is 4. The number of alkyl halides is 3. The Kier molecular flexibility index (Phi) is 6.77. The SMILES string of the molecule is COc1ccccc1[C@H](CC(F)(F)F)N1CCNCC1.Cl. The predicted octanol–water partition coefficient (Wildman–Crippen LogP) is 3.02. The fourth-order valence-corrected chi connectivity index (χ4v) is 2.59. The lowest BCUT2D eigenvalue weighted by atomic mass is 9.99. The summed E-state index contributed by atoms with van der Waals surface area (Å²) in [4.78, 5) is 1.88. The van der Waals surface area contributed by atoms with Crippen molar-refractivity contribution in [3.05, 3.63) is 29.8 Å². The third-order valence-electron chi connectivity index (χ3n) is 3.52. The largest absolute Gasteiger partial charge is 0.496 e. The normalized spacial score (nSPS) is 17.9. The van der Waals surface area contributed by atoms with Gasteiger partial charge in [-0.15, -0.1) is 12.4 Å². The monoisotopic (exact) mass is 324 g/mol. The number of hydrogen-bond donors (Lipinski definition) is 1. The van der Waals surface area contributed by atoms with E-state index in [0.717, 1.165) is 0 Å². The average Bonchev–Trinajstić information content (AvgIpc) is 2.45. The molecule has 1 saturated heterocycles. The number of nitrogens with zero attached hydrogens (tertiary/aromatic N) is 1. The number of ether oxygens (including phenoxy) is 1. The van der Waals surface area contributed by atoms with Crippen molar-refractivity contribution in [2.45, 2.75) is 18.6 Å². The minimum absolute atomic E-state index is 0. The summed E-state index contributed by atoms with van der Waals surface area (Å²) in [5, 5.41) is 3.16. The first kappa shape index (κ1) is 18.1. The van der Waals surface area contributed by atoms with Crippen LogP contribution in [-0.4, -0.2) is 44.4 Å². The van der Waals surface area contributed by atoms with Crippen molar-refractivity contribution >= 4 is 12.4 Å². The van der Waals surface area contributed by atoms with Crippen LogP contribution < -0.4 is 10.1 Å². The summed E-state index contributed by atoms with van der Waals surface area (Å²) in [6, 6.07) is 6.26. The minimum Gasteiger partial charge on any atom is -0.496 e. The Morgan fingerprint density at radius 1 is 1.24 bits per heavy atom. The average molecular weight is 325 g/mol. The zero-order valence-electron chi connectivity index (χ0n) is 11.8. The van der Waals surface area contributed by atoms with Gasteiger partial charge in [-0.2, -0.15) is 13.2 Å². The molecule has 2 rings (SSSR count). The molecule has 0 aliphatic carbocycles. The van der Waals surface area contributed by atoms with Gasteiger partial charge in [0.15, 0.2) is 0 Å². The summed E-state index contributed by atoms with van der Waals surface area (Å²) in [6.45, 7) is 2.64. The Balaban J connectivity index is 0.00000220. The summed E-state index contributed by atoms with van der Waals surface area (Å²) in [5.74, 6) is 0.514. The van der Waals surface area contributed by atoms with Crippen LogP contribution in [0.3, 0.4) is 0 Å². The zero-order chi connectivity index (χ0) is 14.6. The first-order valence-electron chi connectivity index (χ1n) is 6.65. The van der Waals surface area contributed by atoms with Crippen LogP contribution in [-0.2, 0) is 0 Å². The maximum atomic E-state index is 12.9. The summed E-state index contributed by atoms with van der Waals surface area (Å²) in [6.07, 6.45) is -5.05. The van der Waals surface area contributed by atoms with Crippen LogP contribution in [0.5, 0.6) is 5.75 Å². The van der Waals surface area contributed by atoms with Crippen LogP contribution >= 0.6 is 12.4 Å². The van der Waals surface area contributed by atoms with Crippen molar-refractivity contribution in [1.82, 2.24) is 10.2 Å². The summed E-state index contributed by atoms with van der Waals surface area (Å²) >= 11 is 0. The highest BCUT2D eigenvalue weighted by Crippen LogP contribution is 2.37. The van der Waals surface area contributed by atoms with E-state index < -0.39 is 18.6 Å². The van der Waals surface area contributed by atoms with Crippen LogP contribution in [0.4, 0.5) is 13.2 Å². The molecule has 120 valence electrons. The van der Waals surface area contributed by atoms with Crippen molar-refractivity contribution in [2.75, 3.05) is 33.3 Å².